The number of nitrogens with zero attached hydrogens (tertiary/aromatic N) is 2. The summed E-state index contributed by atoms with van der Waals surface area (Å²) in [7, 11) is 0. The van der Waals surface area contributed by atoms with E-state index in [0.717, 1.165) is 28.3 Å². The quantitative estimate of drug-likeness (QED) is 0.656. The monoisotopic (exact) mass is 349 g/mol. The summed E-state index contributed by atoms with van der Waals surface area (Å²) < 4.78 is 5.16. The standard InChI is InChI=1S/C21H23N3O2/c1-16-20(17(2)26-23-16)13-14-21(25)22-24(19-11-7-4-8-12-19)15-18-9-5-3-6-10-18/h3-12H,13-15H2,1-2H3,(H,22,25). The number of para-hydroxylation sites is 1. The van der Waals surface area contributed by atoms with Crippen LogP contribution in [0.3, 0.4) is 0 Å². The van der Waals surface area contributed by atoms with Gasteiger partial charge >= 0.3 is 0 Å². The Morgan fingerprint density at radius 2 is 1.69 bits per heavy atom. The number of benzene rings is 2. The minimum absolute atomic E-state index is 0.0372. The summed E-state index contributed by atoms with van der Waals surface area (Å²) in [6, 6.07) is 19.9. The molecule has 26 heavy (non-hydrogen) atoms. The second-order valence-corrected chi connectivity index (χ2v) is 6.24. The van der Waals surface area contributed by atoms with Gasteiger partial charge in [-0.1, -0.05) is 53.7 Å². The Bertz CT molecular complexity index is 825. The fourth-order valence-corrected chi connectivity index (χ4v) is 2.87. The summed E-state index contributed by atoms with van der Waals surface area (Å²) in [5, 5.41) is 5.82. The van der Waals surface area contributed by atoms with Crippen LogP contribution in [0.15, 0.2) is 65.2 Å². The molecule has 0 saturated carbocycles. The average molecular weight is 349 g/mol. The molecule has 0 bridgehead atoms. The maximum Gasteiger partial charge on any atom is 0.238 e. The molecule has 0 fully saturated rings. The van der Waals surface area contributed by atoms with Crippen LogP contribution >= 0.6 is 0 Å². The minimum atomic E-state index is -0.0372. The smallest absolute Gasteiger partial charge is 0.238 e. The SMILES string of the molecule is Cc1noc(C)c1CCC(=O)NN(Cc1ccccc1)c1ccccc1. The van der Waals surface area contributed by atoms with E-state index < -0.39 is 0 Å². The van der Waals surface area contributed by atoms with Crippen molar-refractivity contribution < 1.29 is 9.32 Å². The molecule has 0 aliphatic carbocycles. The zero-order valence-electron chi connectivity index (χ0n) is 15.1. The lowest BCUT2D eigenvalue weighted by Crippen LogP contribution is -2.42. The number of hydrogen-bond acceptors (Lipinski definition) is 4. The number of anilines is 1. The van der Waals surface area contributed by atoms with Gasteiger partial charge in [0.25, 0.3) is 0 Å². The molecule has 0 unspecified atom stereocenters. The summed E-state index contributed by atoms with van der Waals surface area (Å²) in [5.41, 5.74) is 6.96. The van der Waals surface area contributed by atoms with Gasteiger partial charge in [-0.05, 0) is 38.0 Å². The summed E-state index contributed by atoms with van der Waals surface area (Å²) >= 11 is 0. The highest BCUT2D eigenvalue weighted by atomic mass is 16.5. The number of carbonyl (C=O) groups is 1. The highest BCUT2D eigenvalue weighted by molar-refractivity contribution is 5.78. The van der Waals surface area contributed by atoms with Crippen LogP contribution in [0, 0.1) is 13.8 Å². The Kier molecular flexibility index (Phi) is 5.69. The number of hydrogen-bond donors (Lipinski definition) is 1. The maximum atomic E-state index is 12.5. The van der Waals surface area contributed by atoms with Gasteiger partial charge in [0, 0.05) is 12.0 Å². The van der Waals surface area contributed by atoms with Crippen molar-refractivity contribution in [3.8, 4) is 0 Å². The van der Waals surface area contributed by atoms with Gasteiger partial charge in [0.05, 0.1) is 17.9 Å². The molecule has 3 rings (SSSR count). The highest BCUT2D eigenvalue weighted by Gasteiger charge is 2.14. The first-order chi connectivity index (χ1) is 12.6. The van der Waals surface area contributed by atoms with Crippen LogP contribution in [0.4, 0.5) is 5.69 Å². The predicted octanol–water partition coefficient (Wildman–Crippen LogP) is 3.96. The van der Waals surface area contributed by atoms with E-state index in [9.17, 15) is 4.79 Å². The number of rotatable bonds is 7. The zero-order valence-corrected chi connectivity index (χ0v) is 15.1. The van der Waals surface area contributed by atoms with Crippen LogP contribution in [-0.4, -0.2) is 11.1 Å². The Labute approximate surface area is 153 Å². The van der Waals surface area contributed by atoms with Gasteiger partial charge in [-0.3, -0.25) is 15.2 Å². The van der Waals surface area contributed by atoms with Gasteiger partial charge in [0.2, 0.25) is 5.91 Å². The predicted molar refractivity (Wildman–Crippen MR) is 102 cm³/mol. The molecule has 3 aromatic rings. The van der Waals surface area contributed by atoms with E-state index in [2.05, 4.69) is 10.6 Å². The lowest BCUT2D eigenvalue weighted by atomic mass is 10.1. The van der Waals surface area contributed by atoms with Crippen molar-refractivity contribution in [1.29, 1.82) is 0 Å². The number of carbonyl (C=O) groups excluding carboxylic acids is 1. The number of aromatic nitrogens is 1. The van der Waals surface area contributed by atoms with Crippen LogP contribution < -0.4 is 10.4 Å². The third-order valence-electron chi connectivity index (χ3n) is 4.29. The van der Waals surface area contributed by atoms with Crippen LogP contribution in [0.1, 0.15) is 29.0 Å². The first-order valence-electron chi connectivity index (χ1n) is 8.71. The Morgan fingerprint density at radius 1 is 1.04 bits per heavy atom. The molecular weight excluding hydrogens is 326 g/mol. The number of aryl methyl sites for hydroxylation is 2. The van der Waals surface area contributed by atoms with Gasteiger partial charge in [0.15, 0.2) is 0 Å². The molecule has 5 nitrogen and oxygen atoms in total. The Morgan fingerprint density at radius 3 is 2.31 bits per heavy atom. The maximum absolute atomic E-state index is 12.5. The Balaban J connectivity index is 1.68. The second kappa shape index (κ2) is 8.34. The molecule has 0 atom stereocenters. The Hall–Kier alpha value is -3.08. The number of amides is 1. The van der Waals surface area contributed by atoms with E-state index in [4.69, 9.17) is 4.52 Å². The van der Waals surface area contributed by atoms with Crippen molar-refractivity contribution in [2.75, 3.05) is 5.01 Å². The molecule has 0 aliphatic heterocycles. The van der Waals surface area contributed by atoms with Crippen molar-refractivity contribution in [3.05, 3.63) is 83.2 Å². The van der Waals surface area contributed by atoms with Gasteiger partial charge in [-0.15, -0.1) is 0 Å². The van der Waals surface area contributed by atoms with Gasteiger partial charge in [-0.2, -0.15) is 0 Å². The van der Waals surface area contributed by atoms with Crippen molar-refractivity contribution in [2.24, 2.45) is 0 Å². The molecule has 5 heteroatoms. The first kappa shape index (κ1) is 17.7. The molecule has 0 aliphatic rings. The van der Waals surface area contributed by atoms with Crippen molar-refractivity contribution in [2.45, 2.75) is 33.2 Å². The normalized spacial score (nSPS) is 10.5. The van der Waals surface area contributed by atoms with Crippen LogP contribution in [0.2, 0.25) is 0 Å². The molecular formula is C21H23N3O2. The topological polar surface area (TPSA) is 58.4 Å². The van der Waals surface area contributed by atoms with Crippen LogP contribution in [0.5, 0.6) is 0 Å². The van der Waals surface area contributed by atoms with E-state index in [1.165, 1.54) is 0 Å². The molecule has 1 amide bonds. The minimum Gasteiger partial charge on any atom is -0.361 e. The third-order valence-corrected chi connectivity index (χ3v) is 4.29. The average Bonchev–Trinajstić information content (AvgIpc) is 2.99. The lowest BCUT2D eigenvalue weighted by molar-refractivity contribution is -0.121. The fourth-order valence-electron chi connectivity index (χ4n) is 2.87. The van der Waals surface area contributed by atoms with Crippen molar-refractivity contribution >= 4 is 11.6 Å². The van der Waals surface area contributed by atoms with E-state index in [1.807, 2.05) is 79.5 Å². The first-order valence-corrected chi connectivity index (χ1v) is 8.71. The van der Waals surface area contributed by atoms with Crippen LogP contribution in [-0.2, 0) is 17.8 Å². The van der Waals surface area contributed by atoms with E-state index in [0.29, 0.717) is 19.4 Å². The molecule has 0 saturated heterocycles. The van der Waals surface area contributed by atoms with E-state index >= 15 is 0 Å². The summed E-state index contributed by atoms with van der Waals surface area (Å²) in [6.45, 7) is 4.37. The zero-order chi connectivity index (χ0) is 18.4. The largest absolute Gasteiger partial charge is 0.361 e. The number of nitrogens with one attached hydrogen (secondary N) is 1. The molecule has 0 radical (unpaired) electrons. The number of hydrazine groups is 1. The summed E-state index contributed by atoms with van der Waals surface area (Å²) in [6.07, 6.45) is 0.988. The van der Waals surface area contributed by atoms with E-state index in [-0.39, 0.29) is 5.91 Å². The second-order valence-electron chi connectivity index (χ2n) is 6.24. The highest BCUT2D eigenvalue weighted by Crippen LogP contribution is 2.16. The molecule has 1 heterocycles. The lowest BCUT2D eigenvalue weighted by Gasteiger charge is -2.25. The summed E-state index contributed by atoms with van der Waals surface area (Å²) in [5.74, 6) is 0.740. The molecule has 134 valence electrons. The van der Waals surface area contributed by atoms with Gasteiger partial charge in [0.1, 0.15) is 5.76 Å². The molecule has 1 aromatic heterocycles. The van der Waals surface area contributed by atoms with E-state index in [1.54, 1.807) is 0 Å². The van der Waals surface area contributed by atoms with Crippen molar-refractivity contribution in [3.63, 3.8) is 0 Å². The summed E-state index contributed by atoms with van der Waals surface area (Å²) in [4.78, 5) is 12.5. The third kappa shape index (κ3) is 4.51. The molecule has 0 spiro atoms. The molecule has 2 aromatic carbocycles. The van der Waals surface area contributed by atoms with Gasteiger partial charge < -0.3 is 4.52 Å². The van der Waals surface area contributed by atoms with Gasteiger partial charge in [-0.25, -0.2) is 0 Å². The molecule has 1 N–H and O–H groups in total. The fraction of sp³-hybridized carbons (Fsp3) is 0.238. The van der Waals surface area contributed by atoms with Crippen molar-refractivity contribution in [1.82, 2.24) is 10.6 Å². The van der Waals surface area contributed by atoms with Crippen LogP contribution in [0.25, 0.3) is 0 Å².